The Balaban J connectivity index is 1.82. The number of carbonyl (C=O) groups is 1. The fraction of sp³-hybridized carbons (Fsp3) is 0.333. The molecule has 5 nitrogen and oxygen atoms in total. The molecule has 0 radical (unpaired) electrons. The SMILES string of the molecule is COc1ccc([C@H]2C(C#N)=C(SCc3ccccc3Cl)NC3=C2C(=O)CC(C)(C)C3)cc1OC. The third-order valence-electron chi connectivity index (χ3n) is 6.20. The van der Waals surface area contributed by atoms with E-state index in [2.05, 4.69) is 25.2 Å². The van der Waals surface area contributed by atoms with Gasteiger partial charge in [-0.1, -0.05) is 49.7 Å². The molecule has 0 amide bonds. The van der Waals surface area contributed by atoms with E-state index in [9.17, 15) is 10.1 Å². The molecular formula is C27H27ClN2O3S. The minimum atomic E-state index is -0.474. The molecule has 7 heteroatoms. The molecule has 0 aromatic heterocycles. The second kappa shape index (κ2) is 9.77. The zero-order valence-corrected chi connectivity index (χ0v) is 21.3. The summed E-state index contributed by atoms with van der Waals surface area (Å²) in [5.74, 6) is 1.36. The highest BCUT2D eigenvalue weighted by Gasteiger charge is 2.42. The highest BCUT2D eigenvalue weighted by molar-refractivity contribution is 8.02. The predicted molar refractivity (Wildman–Crippen MR) is 136 cm³/mol. The summed E-state index contributed by atoms with van der Waals surface area (Å²) < 4.78 is 10.9. The molecule has 4 rings (SSSR count). The number of rotatable bonds is 6. The lowest BCUT2D eigenvalue weighted by molar-refractivity contribution is -0.118. The number of Topliss-reactive ketones (excluding diaryl/α,β-unsaturated/α-hetero) is 1. The molecular weight excluding hydrogens is 468 g/mol. The van der Waals surface area contributed by atoms with Gasteiger partial charge < -0.3 is 14.8 Å². The van der Waals surface area contributed by atoms with E-state index >= 15 is 0 Å². The maximum Gasteiger partial charge on any atom is 0.162 e. The minimum Gasteiger partial charge on any atom is -0.493 e. The molecule has 0 saturated carbocycles. The number of ether oxygens (including phenoxy) is 2. The van der Waals surface area contributed by atoms with Crippen molar-refractivity contribution in [3.8, 4) is 17.6 Å². The Hall–Kier alpha value is -2.88. The van der Waals surface area contributed by atoms with Crippen LogP contribution in [0.25, 0.3) is 0 Å². The number of nitriles is 1. The fourth-order valence-electron chi connectivity index (χ4n) is 4.62. The van der Waals surface area contributed by atoms with Crippen LogP contribution in [-0.4, -0.2) is 20.0 Å². The molecule has 176 valence electrons. The fourth-order valence-corrected chi connectivity index (χ4v) is 5.97. The van der Waals surface area contributed by atoms with Gasteiger partial charge in [-0.05, 0) is 41.2 Å². The number of ketones is 1. The predicted octanol–water partition coefficient (Wildman–Crippen LogP) is 6.36. The van der Waals surface area contributed by atoms with Crippen molar-refractivity contribution in [2.45, 2.75) is 38.4 Å². The van der Waals surface area contributed by atoms with Gasteiger partial charge in [0.2, 0.25) is 0 Å². The first-order valence-corrected chi connectivity index (χ1v) is 12.4. The van der Waals surface area contributed by atoms with Gasteiger partial charge in [0, 0.05) is 28.5 Å². The smallest absolute Gasteiger partial charge is 0.162 e. The van der Waals surface area contributed by atoms with Crippen LogP contribution in [0.1, 0.15) is 43.7 Å². The van der Waals surface area contributed by atoms with Crippen LogP contribution in [0.4, 0.5) is 0 Å². The van der Waals surface area contributed by atoms with Gasteiger partial charge in [-0.3, -0.25) is 4.79 Å². The average Bonchev–Trinajstić information content (AvgIpc) is 2.81. The number of allylic oxidation sites excluding steroid dienone is 3. The molecule has 1 atom stereocenters. The molecule has 1 heterocycles. The van der Waals surface area contributed by atoms with Crippen LogP contribution in [-0.2, 0) is 10.5 Å². The van der Waals surface area contributed by atoms with Crippen molar-refractivity contribution in [2.24, 2.45) is 5.41 Å². The number of methoxy groups -OCH3 is 2. The van der Waals surface area contributed by atoms with Crippen molar-refractivity contribution in [1.82, 2.24) is 5.32 Å². The van der Waals surface area contributed by atoms with Crippen LogP contribution in [0.3, 0.4) is 0 Å². The van der Waals surface area contributed by atoms with Crippen molar-refractivity contribution in [2.75, 3.05) is 14.2 Å². The first-order valence-electron chi connectivity index (χ1n) is 11.0. The number of dihydropyridines is 1. The average molecular weight is 495 g/mol. The van der Waals surface area contributed by atoms with Gasteiger partial charge in [0.15, 0.2) is 17.3 Å². The molecule has 2 aromatic rings. The van der Waals surface area contributed by atoms with Gasteiger partial charge in [-0.25, -0.2) is 0 Å². The lowest BCUT2D eigenvalue weighted by Crippen LogP contribution is -2.36. The Morgan fingerprint density at radius 3 is 2.56 bits per heavy atom. The van der Waals surface area contributed by atoms with Gasteiger partial charge in [0.1, 0.15) is 0 Å². The molecule has 0 saturated heterocycles. The molecule has 0 fully saturated rings. The van der Waals surface area contributed by atoms with Gasteiger partial charge in [-0.2, -0.15) is 5.26 Å². The summed E-state index contributed by atoms with van der Waals surface area (Å²) in [6.07, 6.45) is 1.17. The molecule has 34 heavy (non-hydrogen) atoms. The highest BCUT2D eigenvalue weighted by atomic mass is 35.5. The molecule has 0 unspecified atom stereocenters. The summed E-state index contributed by atoms with van der Waals surface area (Å²) in [5, 5.41) is 15.2. The summed E-state index contributed by atoms with van der Waals surface area (Å²) in [6, 6.07) is 15.7. The van der Waals surface area contributed by atoms with Crippen LogP contribution >= 0.6 is 23.4 Å². The molecule has 0 bridgehead atoms. The molecule has 2 aliphatic rings. The van der Waals surface area contributed by atoms with E-state index < -0.39 is 5.92 Å². The van der Waals surface area contributed by atoms with E-state index in [1.165, 1.54) is 11.8 Å². The van der Waals surface area contributed by atoms with Crippen LogP contribution in [0, 0.1) is 16.7 Å². The van der Waals surface area contributed by atoms with Gasteiger partial charge in [0.05, 0.1) is 36.8 Å². The Morgan fingerprint density at radius 1 is 1.15 bits per heavy atom. The molecule has 0 spiro atoms. The minimum absolute atomic E-state index is 0.0708. The number of hydrogen-bond acceptors (Lipinski definition) is 6. The second-order valence-corrected chi connectivity index (χ2v) is 10.6. The van der Waals surface area contributed by atoms with E-state index in [1.54, 1.807) is 14.2 Å². The third-order valence-corrected chi connectivity index (χ3v) is 7.63. The summed E-state index contributed by atoms with van der Waals surface area (Å²) in [7, 11) is 3.16. The Bertz CT molecular complexity index is 1240. The maximum absolute atomic E-state index is 13.4. The number of nitrogens with one attached hydrogen (secondary N) is 1. The number of hydrogen-bond donors (Lipinski definition) is 1. The van der Waals surface area contributed by atoms with Crippen molar-refractivity contribution in [3.05, 3.63) is 80.5 Å². The summed E-state index contributed by atoms with van der Waals surface area (Å²) in [4.78, 5) is 13.4. The lowest BCUT2D eigenvalue weighted by atomic mass is 9.69. The molecule has 2 aromatic carbocycles. The van der Waals surface area contributed by atoms with E-state index in [4.69, 9.17) is 21.1 Å². The second-order valence-electron chi connectivity index (χ2n) is 9.24. The standard InChI is InChI=1S/C27H27ClN2O3S/c1-27(2)12-20-25(21(31)13-27)24(16-9-10-22(32-3)23(11-16)33-4)18(14-29)26(30-20)34-15-17-7-5-6-8-19(17)28/h5-11,24,30H,12-13,15H2,1-4H3/t24-/m0/s1. The Morgan fingerprint density at radius 2 is 1.88 bits per heavy atom. The highest BCUT2D eigenvalue weighted by Crippen LogP contribution is 2.49. The van der Waals surface area contributed by atoms with Crippen LogP contribution in [0.15, 0.2) is 64.3 Å². The lowest BCUT2D eigenvalue weighted by Gasteiger charge is -2.39. The Kier molecular flexibility index (Phi) is 6.97. The van der Waals surface area contributed by atoms with Crippen molar-refractivity contribution in [1.29, 1.82) is 5.26 Å². The van der Waals surface area contributed by atoms with E-state index in [-0.39, 0.29) is 11.2 Å². The zero-order chi connectivity index (χ0) is 24.5. The summed E-state index contributed by atoms with van der Waals surface area (Å²) >= 11 is 7.90. The number of thioether (sulfide) groups is 1. The van der Waals surface area contributed by atoms with E-state index in [0.717, 1.165) is 28.3 Å². The van der Waals surface area contributed by atoms with Crippen LogP contribution in [0.5, 0.6) is 11.5 Å². The van der Waals surface area contributed by atoms with Crippen LogP contribution in [0.2, 0.25) is 5.02 Å². The number of carbonyl (C=O) groups excluding carboxylic acids is 1. The van der Waals surface area contributed by atoms with E-state index in [0.29, 0.717) is 39.8 Å². The van der Waals surface area contributed by atoms with Crippen molar-refractivity contribution < 1.29 is 14.3 Å². The quantitative estimate of drug-likeness (QED) is 0.504. The normalized spacial score (nSPS) is 19.3. The summed E-state index contributed by atoms with van der Waals surface area (Å²) in [6.45, 7) is 4.20. The van der Waals surface area contributed by atoms with Gasteiger partial charge >= 0.3 is 0 Å². The number of nitrogens with zero attached hydrogens (tertiary/aromatic N) is 1. The van der Waals surface area contributed by atoms with Crippen LogP contribution < -0.4 is 14.8 Å². The van der Waals surface area contributed by atoms with Gasteiger partial charge in [-0.15, -0.1) is 11.8 Å². The van der Waals surface area contributed by atoms with Crippen molar-refractivity contribution in [3.63, 3.8) is 0 Å². The summed E-state index contributed by atoms with van der Waals surface area (Å²) in [5.41, 5.74) is 3.74. The zero-order valence-electron chi connectivity index (χ0n) is 19.7. The first-order chi connectivity index (χ1) is 16.3. The van der Waals surface area contributed by atoms with Crippen molar-refractivity contribution >= 4 is 29.1 Å². The number of halogens is 1. The van der Waals surface area contributed by atoms with Gasteiger partial charge in [0.25, 0.3) is 0 Å². The molecule has 1 aliphatic carbocycles. The third kappa shape index (κ3) is 4.68. The largest absolute Gasteiger partial charge is 0.493 e. The first kappa shape index (κ1) is 24.3. The molecule has 1 N–H and O–H groups in total. The number of benzene rings is 2. The monoisotopic (exact) mass is 494 g/mol. The van der Waals surface area contributed by atoms with E-state index in [1.807, 2.05) is 42.5 Å². The molecule has 1 aliphatic heterocycles. The Labute approximate surface area is 209 Å². The topological polar surface area (TPSA) is 71.3 Å². The maximum atomic E-state index is 13.4.